The molecule has 0 bridgehead atoms. The summed E-state index contributed by atoms with van der Waals surface area (Å²) in [6, 6.07) is 1.43. The van der Waals surface area contributed by atoms with E-state index in [0.29, 0.717) is 12.5 Å². The molecular weight excluding hydrogens is 328 g/mol. The molecule has 2 unspecified atom stereocenters. The Balaban J connectivity index is 3.00. The fourth-order valence-corrected chi connectivity index (χ4v) is 2.38. The first-order valence-electron chi connectivity index (χ1n) is 6.75. The van der Waals surface area contributed by atoms with Gasteiger partial charge in [0.05, 0.1) is 11.7 Å². The van der Waals surface area contributed by atoms with Crippen molar-refractivity contribution >= 4 is 23.6 Å². The highest BCUT2D eigenvalue weighted by atomic mass is 32.2. The van der Waals surface area contributed by atoms with Crippen molar-refractivity contribution in [1.82, 2.24) is 0 Å². The van der Waals surface area contributed by atoms with Gasteiger partial charge in [-0.05, 0) is 37.0 Å². The molecule has 1 aromatic carbocycles. The summed E-state index contributed by atoms with van der Waals surface area (Å²) in [7, 11) is 0. The number of amides is 1. The lowest BCUT2D eigenvalue weighted by molar-refractivity contribution is -0.147. The molecule has 124 valence electrons. The van der Waals surface area contributed by atoms with Crippen LogP contribution in [0.3, 0.4) is 0 Å². The van der Waals surface area contributed by atoms with Gasteiger partial charge in [0.25, 0.3) is 5.91 Å². The average molecular weight is 343 g/mol. The molecule has 2 atom stereocenters. The third-order valence-electron chi connectivity index (χ3n) is 2.92. The van der Waals surface area contributed by atoms with Crippen molar-refractivity contribution in [2.75, 3.05) is 0 Å². The minimum absolute atomic E-state index is 0.114. The number of benzene rings is 1. The Labute approximate surface area is 135 Å². The highest BCUT2D eigenvalue weighted by molar-refractivity contribution is 8.00. The second kappa shape index (κ2) is 8.50. The molecule has 0 aliphatic carbocycles. The van der Waals surface area contributed by atoms with Gasteiger partial charge in [-0.1, -0.05) is 6.92 Å². The van der Waals surface area contributed by atoms with E-state index in [-0.39, 0.29) is 11.0 Å². The predicted molar refractivity (Wildman–Crippen MR) is 81.0 cm³/mol. The molecule has 0 saturated heterocycles. The Morgan fingerprint density at radius 2 is 2.00 bits per heavy atom. The summed E-state index contributed by atoms with van der Waals surface area (Å²) in [5.41, 5.74) is 7.65. The number of halogens is 2. The molecule has 6 nitrogen and oxygen atoms in total. The van der Waals surface area contributed by atoms with Crippen molar-refractivity contribution < 1.29 is 23.1 Å². The maximum absolute atomic E-state index is 13.8. The first-order chi connectivity index (χ1) is 10.8. The summed E-state index contributed by atoms with van der Waals surface area (Å²) in [5.74, 6) is -3.77. The van der Waals surface area contributed by atoms with Gasteiger partial charge in [-0.25, -0.2) is 8.78 Å². The van der Waals surface area contributed by atoms with Crippen molar-refractivity contribution in [3.05, 3.63) is 39.8 Å². The van der Waals surface area contributed by atoms with Gasteiger partial charge in [0, 0.05) is 15.9 Å². The van der Waals surface area contributed by atoms with E-state index in [1.54, 1.807) is 6.92 Å². The molecule has 23 heavy (non-hydrogen) atoms. The van der Waals surface area contributed by atoms with E-state index in [4.69, 9.17) is 10.3 Å². The van der Waals surface area contributed by atoms with Crippen LogP contribution in [0.15, 0.2) is 22.1 Å². The van der Waals surface area contributed by atoms with Gasteiger partial charge < -0.3 is 4.74 Å². The summed E-state index contributed by atoms with van der Waals surface area (Å²) in [6.45, 7) is 5.08. The van der Waals surface area contributed by atoms with Crippen LogP contribution in [0.25, 0.3) is 10.4 Å². The van der Waals surface area contributed by atoms with E-state index in [2.05, 4.69) is 10.0 Å². The second-order valence-electron chi connectivity index (χ2n) is 4.67. The van der Waals surface area contributed by atoms with E-state index >= 15 is 0 Å². The van der Waals surface area contributed by atoms with Gasteiger partial charge in [-0.3, -0.25) is 9.59 Å². The van der Waals surface area contributed by atoms with Crippen LogP contribution in [0, 0.1) is 11.6 Å². The minimum Gasteiger partial charge on any atom is -0.462 e. The zero-order chi connectivity index (χ0) is 17.6. The molecule has 1 aromatic rings. The van der Waals surface area contributed by atoms with Gasteiger partial charge in [0.1, 0.15) is 16.9 Å². The van der Waals surface area contributed by atoms with Gasteiger partial charge >= 0.3 is 5.97 Å². The van der Waals surface area contributed by atoms with E-state index in [1.807, 2.05) is 6.92 Å². The zero-order valence-corrected chi connectivity index (χ0v) is 13.6. The topological polar surface area (TPSA) is 92.1 Å². The summed E-state index contributed by atoms with van der Waals surface area (Å²) in [5, 5.41) is 2.01. The van der Waals surface area contributed by atoms with Crippen molar-refractivity contribution in [1.29, 1.82) is 0 Å². The summed E-state index contributed by atoms with van der Waals surface area (Å²) in [6.07, 6.45) is 0.365. The Kier molecular flexibility index (Phi) is 6.99. The Hall–Kier alpha value is -2.12. The molecule has 0 fully saturated rings. The first-order valence-corrected chi connectivity index (χ1v) is 7.63. The van der Waals surface area contributed by atoms with Crippen LogP contribution in [0.5, 0.6) is 0 Å². The molecule has 9 heteroatoms. The zero-order valence-electron chi connectivity index (χ0n) is 12.7. The lowest BCUT2D eigenvalue weighted by atomic mass is 10.2. The summed E-state index contributed by atoms with van der Waals surface area (Å²) >= 11 is 0.786. The van der Waals surface area contributed by atoms with E-state index in [9.17, 15) is 18.4 Å². The highest BCUT2D eigenvalue weighted by Gasteiger charge is 2.22. The molecule has 0 radical (unpaired) electrons. The Bertz CT molecular complexity index is 663. The van der Waals surface area contributed by atoms with Gasteiger partial charge in [0.15, 0.2) is 0 Å². The van der Waals surface area contributed by atoms with Crippen molar-refractivity contribution in [3.8, 4) is 0 Å². The second-order valence-corrected chi connectivity index (χ2v) is 6.06. The third kappa shape index (κ3) is 5.22. The third-order valence-corrected chi connectivity index (χ3v) is 4.03. The number of rotatable bonds is 6. The van der Waals surface area contributed by atoms with Crippen LogP contribution in [0.2, 0.25) is 0 Å². The van der Waals surface area contributed by atoms with Crippen molar-refractivity contribution in [2.24, 2.45) is 5.11 Å². The molecule has 0 spiro atoms. The molecular formula is C14H15F2N3O3S. The van der Waals surface area contributed by atoms with Gasteiger partial charge in [-0.15, -0.1) is 11.8 Å². The number of hydrogen-bond donors (Lipinski definition) is 0. The number of hydrogen-bond acceptors (Lipinski definition) is 4. The Morgan fingerprint density at radius 3 is 2.57 bits per heavy atom. The molecule has 0 N–H and O–H groups in total. The number of ether oxygens (including phenoxy) is 1. The Morgan fingerprint density at radius 1 is 1.35 bits per heavy atom. The molecule has 1 rings (SSSR count). The lowest BCUT2D eigenvalue weighted by Crippen LogP contribution is -2.22. The maximum atomic E-state index is 13.8. The fourth-order valence-electron chi connectivity index (χ4n) is 1.49. The number of carbonyl (C=O) groups is 2. The number of azide groups is 1. The largest absolute Gasteiger partial charge is 0.462 e. The number of carbonyl (C=O) groups excluding carboxylic acids is 2. The van der Waals surface area contributed by atoms with Crippen LogP contribution < -0.4 is 0 Å². The molecule has 0 aliphatic heterocycles. The molecule has 1 amide bonds. The SMILES string of the molecule is CCC(C)OC(=O)C(C)Sc1cc(C(=O)N=[N+]=[N-])c(F)cc1F. The highest BCUT2D eigenvalue weighted by Crippen LogP contribution is 2.29. The predicted octanol–water partition coefficient (Wildman–Crippen LogP) is 4.24. The molecule has 0 heterocycles. The molecule has 0 aromatic heterocycles. The van der Waals surface area contributed by atoms with Gasteiger partial charge in [0.2, 0.25) is 0 Å². The van der Waals surface area contributed by atoms with Crippen LogP contribution in [0.4, 0.5) is 8.78 Å². The smallest absolute Gasteiger partial charge is 0.319 e. The standard InChI is InChI=1S/C14H15F2N3O3S/c1-4-7(2)22-14(21)8(3)23-12-5-9(13(20)18-19-17)10(15)6-11(12)16/h5-8H,4H2,1-3H3. The monoisotopic (exact) mass is 343 g/mol. The quantitative estimate of drug-likeness (QED) is 0.254. The number of thioether (sulfide) groups is 1. The van der Waals surface area contributed by atoms with Crippen molar-refractivity contribution in [3.63, 3.8) is 0 Å². The van der Waals surface area contributed by atoms with Crippen LogP contribution in [-0.4, -0.2) is 23.2 Å². The van der Waals surface area contributed by atoms with Gasteiger partial charge in [-0.2, -0.15) is 0 Å². The number of esters is 1. The minimum atomic E-state index is -1.17. The van der Waals surface area contributed by atoms with E-state index in [1.165, 1.54) is 6.92 Å². The normalized spacial score (nSPS) is 12.9. The van der Waals surface area contributed by atoms with E-state index in [0.717, 1.165) is 17.8 Å². The lowest BCUT2D eigenvalue weighted by Gasteiger charge is -2.15. The first kappa shape index (κ1) is 18.9. The fraction of sp³-hybridized carbons (Fsp3) is 0.429. The van der Waals surface area contributed by atoms with Crippen LogP contribution >= 0.6 is 11.8 Å². The summed E-state index contributed by atoms with van der Waals surface area (Å²) < 4.78 is 32.5. The average Bonchev–Trinajstić information content (AvgIpc) is 2.49. The maximum Gasteiger partial charge on any atom is 0.319 e. The van der Waals surface area contributed by atoms with Crippen molar-refractivity contribution in [2.45, 2.75) is 43.4 Å². The molecule has 0 aliphatic rings. The summed E-state index contributed by atoms with van der Waals surface area (Å²) in [4.78, 5) is 25.4. The van der Waals surface area contributed by atoms with Crippen LogP contribution in [-0.2, 0) is 9.53 Å². The van der Waals surface area contributed by atoms with E-state index < -0.39 is 34.3 Å². The van der Waals surface area contributed by atoms with Crippen LogP contribution in [0.1, 0.15) is 37.6 Å². The number of nitrogens with zero attached hydrogens (tertiary/aromatic N) is 3. The molecule has 0 saturated carbocycles.